The van der Waals surface area contributed by atoms with Crippen LogP contribution in [0.3, 0.4) is 0 Å². The Bertz CT molecular complexity index is 111. The molecule has 3 nitrogen and oxygen atoms in total. The van der Waals surface area contributed by atoms with Gasteiger partial charge in [-0.15, -0.1) is 0 Å². The quantitative estimate of drug-likeness (QED) is 0.448. The summed E-state index contributed by atoms with van der Waals surface area (Å²) in [6.07, 6.45) is 4.45. The van der Waals surface area contributed by atoms with Crippen molar-refractivity contribution < 1.29 is 4.79 Å². The Morgan fingerprint density at radius 1 is 1.45 bits per heavy atom. The Morgan fingerprint density at radius 3 is 2.82 bits per heavy atom. The number of carbonyl (C=O) groups excluding carboxylic acids is 1. The first-order valence-corrected chi connectivity index (χ1v) is 4.31. The van der Waals surface area contributed by atoms with E-state index in [4.69, 9.17) is 0 Å². The molecule has 0 spiro atoms. The molecule has 0 atom stereocenters. The van der Waals surface area contributed by atoms with E-state index >= 15 is 0 Å². The first-order valence-electron chi connectivity index (χ1n) is 4.31. The van der Waals surface area contributed by atoms with E-state index in [0.29, 0.717) is 0 Å². The number of nitrogens with one attached hydrogen (secondary N) is 2. The molecule has 0 aliphatic carbocycles. The molecule has 0 aromatic heterocycles. The standard InChI is InChI=1S/C8H16N2O/c11-7-10-6-3-8-1-4-9-5-2-8/h7-9H,1-6H2,(H,10,11). The Hall–Kier alpha value is -0.570. The van der Waals surface area contributed by atoms with E-state index in [9.17, 15) is 4.79 Å². The molecule has 1 saturated heterocycles. The Balaban J connectivity index is 2.00. The van der Waals surface area contributed by atoms with Gasteiger partial charge in [0.05, 0.1) is 0 Å². The van der Waals surface area contributed by atoms with Gasteiger partial charge < -0.3 is 10.6 Å². The van der Waals surface area contributed by atoms with Crippen molar-refractivity contribution in [1.29, 1.82) is 0 Å². The van der Waals surface area contributed by atoms with Crippen molar-refractivity contribution >= 4 is 6.41 Å². The molecule has 1 aliphatic rings. The minimum Gasteiger partial charge on any atom is -0.359 e. The predicted octanol–water partition coefficient (Wildman–Crippen LogP) is 0.122. The summed E-state index contributed by atoms with van der Waals surface area (Å²) in [5.41, 5.74) is 0. The topological polar surface area (TPSA) is 41.1 Å². The van der Waals surface area contributed by atoms with Gasteiger partial charge in [-0.3, -0.25) is 4.79 Å². The van der Waals surface area contributed by atoms with E-state index in [1.165, 1.54) is 12.8 Å². The zero-order chi connectivity index (χ0) is 7.94. The summed E-state index contributed by atoms with van der Waals surface area (Å²) in [6.45, 7) is 3.13. The number of amides is 1. The van der Waals surface area contributed by atoms with Gasteiger partial charge in [0.2, 0.25) is 6.41 Å². The van der Waals surface area contributed by atoms with Crippen LogP contribution in [0, 0.1) is 5.92 Å². The summed E-state index contributed by atoms with van der Waals surface area (Å²) in [7, 11) is 0. The lowest BCUT2D eigenvalue weighted by Gasteiger charge is -2.21. The molecule has 0 aromatic carbocycles. The van der Waals surface area contributed by atoms with Crippen LogP contribution in [0.5, 0.6) is 0 Å². The highest BCUT2D eigenvalue weighted by Gasteiger charge is 2.11. The van der Waals surface area contributed by atoms with Crippen molar-refractivity contribution in [3.8, 4) is 0 Å². The molecule has 1 fully saturated rings. The molecule has 1 heterocycles. The van der Waals surface area contributed by atoms with Crippen LogP contribution < -0.4 is 10.6 Å². The second kappa shape index (κ2) is 5.13. The van der Waals surface area contributed by atoms with Gasteiger partial charge in [0.1, 0.15) is 0 Å². The van der Waals surface area contributed by atoms with Gasteiger partial charge in [0.15, 0.2) is 0 Å². The predicted molar refractivity (Wildman–Crippen MR) is 44.3 cm³/mol. The van der Waals surface area contributed by atoms with Crippen molar-refractivity contribution in [3.63, 3.8) is 0 Å². The molecule has 11 heavy (non-hydrogen) atoms. The number of rotatable bonds is 4. The fourth-order valence-electron chi connectivity index (χ4n) is 1.52. The maximum absolute atomic E-state index is 9.92. The Morgan fingerprint density at radius 2 is 2.18 bits per heavy atom. The SMILES string of the molecule is O=CNCCC1CCNCC1. The van der Waals surface area contributed by atoms with E-state index in [0.717, 1.165) is 38.4 Å². The van der Waals surface area contributed by atoms with Gasteiger partial charge in [-0.2, -0.15) is 0 Å². The first-order chi connectivity index (χ1) is 5.43. The maximum atomic E-state index is 9.92. The molecule has 0 saturated carbocycles. The number of hydrogen-bond acceptors (Lipinski definition) is 2. The second-order valence-corrected chi connectivity index (χ2v) is 3.05. The summed E-state index contributed by atoms with van der Waals surface area (Å²) < 4.78 is 0. The van der Waals surface area contributed by atoms with Crippen LogP contribution in [-0.2, 0) is 4.79 Å². The monoisotopic (exact) mass is 156 g/mol. The zero-order valence-corrected chi connectivity index (χ0v) is 6.81. The van der Waals surface area contributed by atoms with Gasteiger partial charge in [-0.1, -0.05) is 0 Å². The van der Waals surface area contributed by atoms with E-state index in [1.54, 1.807) is 0 Å². The lowest BCUT2D eigenvalue weighted by atomic mass is 9.95. The van der Waals surface area contributed by atoms with Gasteiger partial charge >= 0.3 is 0 Å². The Kier molecular flexibility index (Phi) is 3.98. The Labute approximate surface area is 67.5 Å². The summed E-state index contributed by atoms with van der Waals surface area (Å²) in [5.74, 6) is 0.823. The lowest BCUT2D eigenvalue weighted by Crippen LogP contribution is -2.29. The van der Waals surface area contributed by atoms with Crippen LogP contribution in [0.25, 0.3) is 0 Å². The normalized spacial score (nSPS) is 19.6. The van der Waals surface area contributed by atoms with E-state index in [-0.39, 0.29) is 0 Å². The van der Waals surface area contributed by atoms with Crippen LogP contribution in [0.1, 0.15) is 19.3 Å². The van der Waals surface area contributed by atoms with Crippen LogP contribution in [0.4, 0.5) is 0 Å². The number of carbonyl (C=O) groups is 1. The minimum absolute atomic E-state index is 0.779. The highest BCUT2D eigenvalue weighted by molar-refractivity contribution is 5.45. The fourth-order valence-corrected chi connectivity index (χ4v) is 1.52. The van der Waals surface area contributed by atoms with Crippen molar-refractivity contribution in [3.05, 3.63) is 0 Å². The van der Waals surface area contributed by atoms with Gasteiger partial charge in [0, 0.05) is 6.54 Å². The molecule has 0 aromatic rings. The summed E-state index contributed by atoms with van der Waals surface area (Å²) in [4.78, 5) is 9.92. The van der Waals surface area contributed by atoms with Gasteiger partial charge in [-0.05, 0) is 38.3 Å². The third-order valence-corrected chi connectivity index (χ3v) is 2.24. The highest BCUT2D eigenvalue weighted by Crippen LogP contribution is 2.14. The summed E-state index contributed by atoms with van der Waals surface area (Å²) in [5, 5.41) is 6.01. The molecule has 3 heteroatoms. The molecule has 0 unspecified atom stereocenters. The van der Waals surface area contributed by atoms with Crippen molar-refractivity contribution in [2.24, 2.45) is 5.92 Å². The molecular weight excluding hydrogens is 140 g/mol. The zero-order valence-electron chi connectivity index (χ0n) is 6.81. The van der Waals surface area contributed by atoms with Crippen LogP contribution in [0.2, 0.25) is 0 Å². The molecule has 1 amide bonds. The van der Waals surface area contributed by atoms with E-state index in [1.807, 2.05) is 0 Å². The third-order valence-electron chi connectivity index (χ3n) is 2.24. The van der Waals surface area contributed by atoms with Crippen molar-refractivity contribution in [2.75, 3.05) is 19.6 Å². The van der Waals surface area contributed by atoms with Gasteiger partial charge in [-0.25, -0.2) is 0 Å². The average molecular weight is 156 g/mol. The van der Waals surface area contributed by atoms with Crippen molar-refractivity contribution in [1.82, 2.24) is 10.6 Å². The summed E-state index contributed by atoms with van der Waals surface area (Å²) in [6, 6.07) is 0. The second-order valence-electron chi connectivity index (χ2n) is 3.05. The van der Waals surface area contributed by atoms with E-state index in [2.05, 4.69) is 10.6 Å². The molecule has 2 N–H and O–H groups in total. The van der Waals surface area contributed by atoms with Gasteiger partial charge in [0.25, 0.3) is 0 Å². The summed E-state index contributed by atoms with van der Waals surface area (Å²) >= 11 is 0. The largest absolute Gasteiger partial charge is 0.359 e. The molecule has 1 rings (SSSR count). The minimum atomic E-state index is 0.779. The fraction of sp³-hybridized carbons (Fsp3) is 0.875. The third kappa shape index (κ3) is 3.37. The molecule has 1 aliphatic heterocycles. The highest BCUT2D eigenvalue weighted by atomic mass is 16.1. The number of piperidine rings is 1. The average Bonchev–Trinajstić information content (AvgIpc) is 2.07. The van der Waals surface area contributed by atoms with Crippen molar-refractivity contribution in [2.45, 2.75) is 19.3 Å². The van der Waals surface area contributed by atoms with E-state index < -0.39 is 0 Å². The molecular formula is C8H16N2O. The van der Waals surface area contributed by atoms with Crippen LogP contribution in [-0.4, -0.2) is 26.0 Å². The smallest absolute Gasteiger partial charge is 0.207 e. The first kappa shape index (κ1) is 8.53. The number of hydrogen-bond donors (Lipinski definition) is 2. The molecule has 64 valence electrons. The lowest BCUT2D eigenvalue weighted by molar-refractivity contribution is -0.109. The molecule has 0 bridgehead atoms. The molecule has 0 radical (unpaired) electrons. The maximum Gasteiger partial charge on any atom is 0.207 e. The van der Waals surface area contributed by atoms with Crippen LogP contribution >= 0.6 is 0 Å². The van der Waals surface area contributed by atoms with Crippen LogP contribution in [0.15, 0.2) is 0 Å².